The summed E-state index contributed by atoms with van der Waals surface area (Å²) in [7, 11) is 4.60. The van der Waals surface area contributed by atoms with Gasteiger partial charge in [-0.25, -0.2) is 0 Å². The fraction of sp³-hybridized carbons (Fsp3) is 1.00. The quantitative estimate of drug-likeness (QED) is 0.797. The molecule has 0 bridgehead atoms. The molecule has 2 N–H and O–H groups in total. The van der Waals surface area contributed by atoms with Crippen molar-refractivity contribution < 1.29 is 0 Å². The number of hydrogen-bond donors (Lipinski definition) is 1. The zero-order valence-corrected chi connectivity index (χ0v) is 13.0. The molecular weight excluding hydrogens is 234 g/mol. The molecule has 3 nitrogen and oxygen atoms in total. The van der Waals surface area contributed by atoms with Crippen LogP contribution in [-0.2, 0) is 0 Å². The highest BCUT2D eigenvalue weighted by molar-refractivity contribution is 4.95. The highest BCUT2D eigenvalue weighted by Crippen LogP contribution is 2.32. The van der Waals surface area contributed by atoms with Crippen molar-refractivity contribution in [2.24, 2.45) is 5.73 Å². The Kier molecular flexibility index (Phi) is 5.67. The van der Waals surface area contributed by atoms with Gasteiger partial charge in [0, 0.05) is 18.1 Å². The predicted octanol–water partition coefficient (Wildman–Crippen LogP) is 2.45. The van der Waals surface area contributed by atoms with E-state index in [9.17, 15) is 0 Å². The third-order valence-electron chi connectivity index (χ3n) is 5.64. The van der Waals surface area contributed by atoms with Gasteiger partial charge in [-0.2, -0.15) is 0 Å². The van der Waals surface area contributed by atoms with E-state index in [0.717, 1.165) is 12.6 Å². The standard InChI is InChI=1S/C16H33N3/c1-18-12-7-10-16(14-17,11-13-18)19(2)15-8-5-3-4-6-9-15/h15H,3-14,17H2,1-2H3. The molecule has 2 fully saturated rings. The largest absolute Gasteiger partial charge is 0.329 e. The number of likely N-dealkylation sites (N-methyl/N-ethyl adjacent to an activating group) is 1. The van der Waals surface area contributed by atoms with E-state index in [4.69, 9.17) is 5.73 Å². The lowest BCUT2D eigenvalue weighted by Crippen LogP contribution is -2.56. The Bertz CT molecular complexity index is 261. The van der Waals surface area contributed by atoms with Crippen LogP contribution in [0.15, 0.2) is 0 Å². The van der Waals surface area contributed by atoms with E-state index >= 15 is 0 Å². The molecule has 0 aromatic carbocycles. The SMILES string of the molecule is CN1CCCC(CN)(N(C)C2CCCCCC2)CC1. The number of likely N-dealkylation sites (tertiary alicyclic amines) is 1. The van der Waals surface area contributed by atoms with Gasteiger partial charge in [-0.05, 0) is 59.3 Å². The molecule has 1 aliphatic carbocycles. The molecule has 0 spiro atoms. The molecule has 1 saturated carbocycles. The van der Waals surface area contributed by atoms with Crippen LogP contribution >= 0.6 is 0 Å². The number of hydrogen-bond acceptors (Lipinski definition) is 3. The molecule has 112 valence electrons. The lowest BCUT2D eigenvalue weighted by atomic mass is 9.86. The molecule has 1 atom stereocenters. The van der Waals surface area contributed by atoms with Crippen LogP contribution in [0.3, 0.4) is 0 Å². The van der Waals surface area contributed by atoms with E-state index in [1.54, 1.807) is 0 Å². The monoisotopic (exact) mass is 267 g/mol. The maximum Gasteiger partial charge on any atom is 0.0344 e. The van der Waals surface area contributed by atoms with Gasteiger partial charge in [0.05, 0.1) is 0 Å². The van der Waals surface area contributed by atoms with Crippen molar-refractivity contribution in [2.75, 3.05) is 33.7 Å². The first-order valence-corrected chi connectivity index (χ1v) is 8.29. The zero-order valence-electron chi connectivity index (χ0n) is 13.0. The molecule has 0 aromatic rings. The Hall–Kier alpha value is -0.120. The smallest absolute Gasteiger partial charge is 0.0344 e. The minimum atomic E-state index is 0.264. The summed E-state index contributed by atoms with van der Waals surface area (Å²) in [6.07, 6.45) is 12.3. The molecule has 0 radical (unpaired) electrons. The van der Waals surface area contributed by atoms with Gasteiger partial charge in [0.2, 0.25) is 0 Å². The Balaban J connectivity index is 2.05. The summed E-state index contributed by atoms with van der Waals surface area (Å²) in [6.45, 7) is 3.27. The molecule has 0 amide bonds. The van der Waals surface area contributed by atoms with Crippen molar-refractivity contribution in [3.63, 3.8) is 0 Å². The lowest BCUT2D eigenvalue weighted by molar-refractivity contribution is 0.0558. The number of rotatable bonds is 3. The lowest BCUT2D eigenvalue weighted by Gasteiger charge is -2.45. The second-order valence-corrected chi connectivity index (χ2v) is 6.84. The van der Waals surface area contributed by atoms with Crippen LogP contribution in [0.2, 0.25) is 0 Å². The Morgan fingerprint density at radius 2 is 1.74 bits per heavy atom. The first-order valence-electron chi connectivity index (χ1n) is 8.29. The topological polar surface area (TPSA) is 32.5 Å². The van der Waals surface area contributed by atoms with Crippen LogP contribution in [0.25, 0.3) is 0 Å². The van der Waals surface area contributed by atoms with Gasteiger partial charge >= 0.3 is 0 Å². The van der Waals surface area contributed by atoms with Gasteiger partial charge < -0.3 is 10.6 Å². The highest BCUT2D eigenvalue weighted by Gasteiger charge is 2.37. The zero-order chi connectivity index (χ0) is 13.7. The minimum Gasteiger partial charge on any atom is -0.329 e. The van der Waals surface area contributed by atoms with Crippen LogP contribution in [-0.4, -0.2) is 55.1 Å². The third kappa shape index (κ3) is 3.71. The second kappa shape index (κ2) is 7.05. The predicted molar refractivity (Wildman–Crippen MR) is 82.4 cm³/mol. The molecule has 19 heavy (non-hydrogen) atoms. The first-order chi connectivity index (χ1) is 9.18. The fourth-order valence-electron chi connectivity index (χ4n) is 4.05. The van der Waals surface area contributed by atoms with Crippen molar-refractivity contribution in [3.05, 3.63) is 0 Å². The molecule has 1 saturated heterocycles. The van der Waals surface area contributed by atoms with Gasteiger partial charge in [-0.1, -0.05) is 25.7 Å². The van der Waals surface area contributed by atoms with Crippen molar-refractivity contribution in [2.45, 2.75) is 69.4 Å². The summed E-state index contributed by atoms with van der Waals surface area (Å²) >= 11 is 0. The molecular formula is C16H33N3. The molecule has 1 heterocycles. The summed E-state index contributed by atoms with van der Waals surface area (Å²) in [5.41, 5.74) is 6.50. The normalized spacial score (nSPS) is 32.2. The van der Waals surface area contributed by atoms with Crippen LogP contribution in [0, 0.1) is 0 Å². The van der Waals surface area contributed by atoms with Crippen LogP contribution in [0.4, 0.5) is 0 Å². The fourth-order valence-corrected chi connectivity index (χ4v) is 4.05. The Labute approximate surface area is 119 Å². The second-order valence-electron chi connectivity index (χ2n) is 6.84. The van der Waals surface area contributed by atoms with Gasteiger partial charge in [0.1, 0.15) is 0 Å². The summed E-state index contributed by atoms with van der Waals surface area (Å²) < 4.78 is 0. The van der Waals surface area contributed by atoms with Crippen molar-refractivity contribution in [1.29, 1.82) is 0 Å². The average Bonchev–Trinajstić information content (AvgIpc) is 2.79. The molecule has 3 heteroatoms. The van der Waals surface area contributed by atoms with E-state index in [1.165, 1.54) is 70.9 Å². The van der Waals surface area contributed by atoms with Gasteiger partial charge in [0.15, 0.2) is 0 Å². The highest BCUT2D eigenvalue weighted by atomic mass is 15.2. The maximum atomic E-state index is 6.24. The molecule has 0 aromatic heterocycles. The third-order valence-corrected chi connectivity index (χ3v) is 5.64. The minimum absolute atomic E-state index is 0.264. The summed E-state index contributed by atoms with van der Waals surface area (Å²) in [5.74, 6) is 0. The molecule has 1 aliphatic heterocycles. The Morgan fingerprint density at radius 1 is 1.05 bits per heavy atom. The first kappa shape index (κ1) is 15.3. The Morgan fingerprint density at radius 3 is 2.37 bits per heavy atom. The van der Waals surface area contributed by atoms with E-state index in [2.05, 4.69) is 23.9 Å². The number of nitrogens with two attached hydrogens (primary N) is 1. The summed E-state index contributed by atoms with van der Waals surface area (Å²) in [5, 5.41) is 0. The maximum absolute atomic E-state index is 6.24. The average molecular weight is 267 g/mol. The van der Waals surface area contributed by atoms with Crippen LogP contribution in [0.5, 0.6) is 0 Å². The van der Waals surface area contributed by atoms with Gasteiger partial charge in [-0.3, -0.25) is 4.90 Å². The van der Waals surface area contributed by atoms with E-state index in [0.29, 0.717) is 0 Å². The van der Waals surface area contributed by atoms with Gasteiger partial charge in [0.25, 0.3) is 0 Å². The molecule has 1 unspecified atom stereocenters. The molecule has 2 rings (SSSR count). The van der Waals surface area contributed by atoms with E-state index < -0.39 is 0 Å². The molecule has 2 aliphatic rings. The van der Waals surface area contributed by atoms with Crippen LogP contribution < -0.4 is 5.73 Å². The van der Waals surface area contributed by atoms with E-state index in [1.807, 2.05) is 0 Å². The van der Waals surface area contributed by atoms with Crippen molar-refractivity contribution in [1.82, 2.24) is 9.80 Å². The summed E-state index contributed by atoms with van der Waals surface area (Å²) in [4.78, 5) is 5.16. The number of nitrogens with zero attached hydrogens (tertiary/aromatic N) is 2. The van der Waals surface area contributed by atoms with E-state index in [-0.39, 0.29) is 5.54 Å². The van der Waals surface area contributed by atoms with Crippen LogP contribution in [0.1, 0.15) is 57.8 Å². The van der Waals surface area contributed by atoms with Crippen molar-refractivity contribution >= 4 is 0 Å². The van der Waals surface area contributed by atoms with Crippen molar-refractivity contribution in [3.8, 4) is 0 Å². The summed E-state index contributed by atoms with van der Waals surface area (Å²) in [6, 6.07) is 0.773. The van der Waals surface area contributed by atoms with Gasteiger partial charge in [-0.15, -0.1) is 0 Å².